The molecule has 1 N–H and O–H groups in total. The Morgan fingerprint density at radius 3 is 2.53 bits per heavy atom. The van der Waals surface area contributed by atoms with E-state index in [-0.39, 0.29) is 11.8 Å². The predicted octanol–water partition coefficient (Wildman–Crippen LogP) is 1.03. The molecular weight excluding hydrogens is 194 g/mol. The molecule has 4 nitrogen and oxygen atoms in total. The third-order valence-electron chi connectivity index (χ3n) is 3.18. The lowest BCUT2D eigenvalue weighted by Crippen LogP contribution is -2.43. The van der Waals surface area contributed by atoms with Gasteiger partial charge in [-0.1, -0.05) is 12.2 Å². The smallest absolute Gasteiger partial charge is 0.326 e. The Bertz CT molecular complexity index is 303. The predicted molar refractivity (Wildman–Crippen MR) is 54.2 cm³/mol. The van der Waals surface area contributed by atoms with E-state index in [1.54, 1.807) is 4.90 Å². The third kappa shape index (κ3) is 1.89. The van der Waals surface area contributed by atoms with Crippen LogP contribution in [0.2, 0.25) is 0 Å². The van der Waals surface area contributed by atoms with E-state index in [0.29, 0.717) is 13.0 Å². The Morgan fingerprint density at radius 1 is 1.27 bits per heavy atom. The minimum absolute atomic E-state index is 0.00931. The van der Waals surface area contributed by atoms with Crippen LogP contribution in [0.1, 0.15) is 25.7 Å². The van der Waals surface area contributed by atoms with Crippen molar-refractivity contribution < 1.29 is 14.7 Å². The Hall–Kier alpha value is -1.32. The Kier molecular flexibility index (Phi) is 2.75. The zero-order valence-electron chi connectivity index (χ0n) is 8.56. The summed E-state index contributed by atoms with van der Waals surface area (Å²) in [4.78, 5) is 24.4. The van der Waals surface area contributed by atoms with Gasteiger partial charge in [0.15, 0.2) is 0 Å². The Morgan fingerprint density at radius 2 is 1.93 bits per heavy atom. The van der Waals surface area contributed by atoms with Crippen LogP contribution in [-0.2, 0) is 9.59 Å². The maximum Gasteiger partial charge on any atom is 0.326 e. The molecule has 1 aliphatic carbocycles. The van der Waals surface area contributed by atoms with Crippen molar-refractivity contribution >= 4 is 11.9 Å². The topological polar surface area (TPSA) is 57.6 Å². The maximum atomic E-state index is 12.0. The summed E-state index contributed by atoms with van der Waals surface area (Å²) in [7, 11) is 0. The van der Waals surface area contributed by atoms with Crippen LogP contribution >= 0.6 is 0 Å². The average molecular weight is 209 g/mol. The number of carbonyl (C=O) groups is 2. The molecule has 1 fully saturated rings. The second-order valence-electron chi connectivity index (χ2n) is 4.17. The zero-order valence-corrected chi connectivity index (χ0v) is 8.56. The van der Waals surface area contributed by atoms with Gasteiger partial charge in [-0.3, -0.25) is 4.79 Å². The van der Waals surface area contributed by atoms with E-state index in [1.807, 2.05) is 12.2 Å². The van der Waals surface area contributed by atoms with Crippen LogP contribution in [0.15, 0.2) is 12.2 Å². The summed E-state index contributed by atoms with van der Waals surface area (Å²) in [6.45, 7) is 0.603. The van der Waals surface area contributed by atoms with Gasteiger partial charge in [0.1, 0.15) is 6.04 Å². The second-order valence-corrected chi connectivity index (χ2v) is 4.17. The molecule has 0 aromatic carbocycles. The Balaban J connectivity index is 2.02. The Labute approximate surface area is 88.6 Å². The van der Waals surface area contributed by atoms with Gasteiger partial charge in [0.25, 0.3) is 0 Å². The first-order chi connectivity index (χ1) is 7.20. The van der Waals surface area contributed by atoms with Crippen molar-refractivity contribution in [1.29, 1.82) is 0 Å². The maximum absolute atomic E-state index is 12.0. The zero-order chi connectivity index (χ0) is 10.8. The summed E-state index contributed by atoms with van der Waals surface area (Å²) in [5.74, 6) is -0.860. The highest BCUT2D eigenvalue weighted by molar-refractivity contribution is 5.86. The van der Waals surface area contributed by atoms with E-state index in [4.69, 9.17) is 5.11 Å². The van der Waals surface area contributed by atoms with Gasteiger partial charge < -0.3 is 10.0 Å². The first-order valence-corrected chi connectivity index (χ1v) is 5.38. The van der Waals surface area contributed by atoms with Crippen LogP contribution in [-0.4, -0.2) is 34.5 Å². The third-order valence-corrected chi connectivity index (χ3v) is 3.18. The van der Waals surface area contributed by atoms with Crippen molar-refractivity contribution in [2.24, 2.45) is 5.92 Å². The molecule has 0 aromatic rings. The molecule has 0 bridgehead atoms. The molecule has 2 aliphatic rings. The molecule has 4 heteroatoms. The molecule has 15 heavy (non-hydrogen) atoms. The molecule has 2 rings (SSSR count). The van der Waals surface area contributed by atoms with Crippen molar-refractivity contribution in [3.05, 3.63) is 12.2 Å². The van der Waals surface area contributed by atoms with Gasteiger partial charge in [0.2, 0.25) is 5.91 Å². The fourth-order valence-electron chi connectivity index (χ4n) is 2.34. The van der Waals surface area contributed by atoms with E-state index in [2.05, 4.69) is 0 Å². The number of rotatable bonds is 2. The van der Waals surface area contributed by atoms with Crippen LogP contribution < -0.4 is 0 Å². The molecule has 0 saturated carbocycles. The molecule has 1 saturated heterocycles. The number of likely N-dealkylation sites (tertiary alicyclic amines) is 1. The normalized spacial score (nSPS) is 26.1. The number of aliphatic carboxylic acids is 1. The van der Waals surface area contributed by atoms with Crippen LogP contribution in [0.3, 0.4) is 0 Å². The van der Waals surface area contributed by atoms with E-state index in [0.717, 1.165) is 19.3 Å². The summed E-state index contributed by atoms with van der Waals surface area (Å²) in [5.41, 5.74) is 0. The van der Waals surface area contributed by atoms with Gasteiger partial charge in [0.05, 0.1) is 0 Å². The van der Waals surface area contributed by atoms with Gasteiger partial charge >= 0.3 is 5.97 Å². The molecular formula is C11H15NO3. The van der Waals surface area contributed by atoms with E-state index in [1.165, 1.54) is 0 Å². The van der Waals surface area contributed by atoms with E-state index in [9.17, 15) is 9.59 Å². The van der Waals surface area contributed by atoms with Crippen molar-refractivity contribution in [3.8, 4) is 0 Å². The van der Waals surface area contributed by atoms with Gasteiger partial charge in [-0.2, -0.15) is 0 Å². The number of hydrogen-bond acceptors (Lipinski definition) is 2. The van der Waals surface area contributed by atoms with Gasteiger partial charge in [0, 0.05) is 12.5 Å². The molecule has 0 spiro atoms. The monoisotopic (exact) mass is 209 g/mol. The fourth-order valence-corrected chi connectivity index (χ4v) is 2.34. The van der Waals surface area contributed by atoms with Crippen LogP contribution in [0.25, 0.3) is 0 Å². The van der Waals surface area contributed by atoms with Crippen LogP contribution in [0, 0.1) is 5.92 Å². The number of nitrogens with zero attached hydrogens (tertiary/aromatic N) is 1. The molecule has 82 valence electrons. The second kappa shape index (κ2) is 4.04. The van der Waals surface area contributed by atoms with Crippen LogP contribution in [0.4, 0.5) is 0 Å². The first kappa shape index (κ1) is 10.2. The van der Waals surface area contributed by atoms with Gasteiger partial charge in [-0.25, -0.2) is 4.79 Å². The molecule has 0 aromatic heterocycles. The average Bonchev–Trinajstić information content (AvgIpc) is 2.88. The summed E-state index contributed by atoms with van der Waals surface area (Å²) in [6, 6.07) is -0.585. The van der Waals surface area contributed by atoms with Crippen molar-refractivity contribution in [2.75, 3.05) is 6.54 Å². The lowest BCUT2D eigenvalue weighted by atomic mass is 10.1. The van der Waals surface area contributed by atoms with Crippen LogP contribution in [0.5, 0.6) is 0 Å². The van der Waals surface area contributed by atoms with Gasteiger partial charge in [-0.05, 0) is 25.7 Å². The largest absolute Gasteiger partial charge is 0.480 e. The lowest BCUT2D eigenvalue weighted by Gasteiger charge is -2.24. The highest BCUT2D eigenvalue weighted by atomic mass is 16.4. The minimum atomic E-state index is -0.869. The van der Waals surface area contributed by atoms with Crippen molar-refractivity contribution in [3.63, 3.8) is 0 Å². The van der Waals surface area contributed by atoms with Crippen molar-refractivity contribution in [1.82, 2.24) is 4.90 Å². The fraction of sp³-hybridized carbons (Fsp3) is 0.636. The number of allylic oxidation sites excluding steroid dienone is 2. The molecule has 0 radical (unpaired) electrons. The summed E-state index contributed by atoms with van der Waals surface area (Å²) in [5, 5.41) is 8.97. The molecule has 1 heterocycles. The highest BCUT2D eigenvalue weighted by Gasteiger charge is 2.36. The summed E-state index contributed by atoms with van der Waals surface area (Å²) in [6.07, 6.45) is 6.93. The molecule has 1 atom stereocenters. The van der Waals surface area contributed by atoms with E-state index < -0.39 is 12.0 Å². The summed E-state index contributed by atoms with van der Waals surface area (Å²) < 4.78 is 0. The first-order valence-electron chi connectivity index (χ1n) is 5.38. The SMILES string of the molecule is O=C(O)C1CCCN1C(=O)C1CC=CC1. The molecule has 1 aliphatic heterocycles. The standard InChI is InChI=1S/C11H15NO3/c13-10(8-4-1-2-5-8)12-7-3-6-9(12)11(14)15/h1-2,8-9H,3-7H2,(H,14,15). The number of carbonyl (C=O) groups excluding carboxylic acids is 1. The number of carboxylic acids is 1. The lowest BCUT2D eigenvalue weighted by molar-refractivity contribution is -0.149. The van der Waals surface area contributed by atoms with Gasteiger partial charge in [-0.15, -0.1) is 0 Å². The number of amides is 1. The molecule has 1 unspecified atom stereocenters. The highest BCUT2D eigenvalue weighted by Crippen LogP contribution is 2.25. The molecule has 1 amide bonds. The number of hydrogen-bond donors (Lipinski definition) is 1. The minimum Gasteiger partial charge on any atom is -0.480 e. The van der Waals surface area contributed by atoms with E-state index >= 15 is 0 Å². The summed E-state index contributed by atoms with van der Waals surface area (Å²) >= 11 is 0. The quantitative estimate of drug-likeness (QED) is 0.691. The number of carboxylic acid groups (broad SMARTS) is 1. The van der Waals surface area contributed by atoms with Crippen molar-refractivity contribution in [2.45, 2.75) is 31.7 Å².